The van der Waals surface area contributed by atoms with E-state index < -0.39 is 58.6 Å². The minimum Gasteiger partial charge on any atom is -0.346 e. The van der Waals surface area contributed by atoms with Crippen molar-refractivity contribution in [1.82, 2.24) is 31.1 Å². The molecule has 53 heavy (non-hydrogen) atoms. The second kappa shape index (κ2) is 17.6. The zero-order valence-corrected chi connectivity index (χ0v) is 33.1. The number of ketones is 1. The summed E-state index contributed by atoms with van der Waals surface area (Å²) >= 11 is 0. The Balaban J connectivity index is 1.55. The van der Waals surface area contributed by atoms with Gasteiger partial charge in [-0.2, -0.15) is 0 Å². The molecular weight excluding hydrogens is 676 g/mol. The summed E-state index contributed by atoms with van der Waals surface area (Å²) in [6.45, 7) is 17.7. The van der Waals surface area contributed by atoms with Gasteiger partial charge in [0.15, 0.2) is 0 Å². The Labute approximate surface area is 315 Å². The number of likely N-dealkylation sites (tertiary alicyclic amines) is 2. The SMILES string of the molecule is C=CCNC(=O)C(=O)C(CC1CC1)NC(=O)[C@@H]1C[C@@H](C(C)C)CN1C(=O)[C@@H](NC(=O)N[C@H](CN1C(=O)CC(C)(C)CC1=O)C(C)(C)C)C1CCCCC1. The lowest BCUT2D eigenvalue weighted by molar-refractivity contribution is -0.153. The van der Waals surface area contributed by atoms with Gasteiger partial charge in [0.25, 0.3) is 5.91 Å². The summed E-state index contributed by atoms with van der Waals surface area (Å²) in [6, 6.07) is -3.97. The van der Waals surface area contributed by atoms with E-state index in [4.69, 9.17) is 0 Å². The largest absolute Gasteiger partial charge is 0.346 e. The fourth-order valence-corrected chi connectivity index (χ4v) is 7.94. The molecule has 4 rings (SSSR count). The number of carbonyl (C=O) groups excluding carboxylic acids is 7. The lowest BCUT2D eigenvalue weighted by atomic mass is 9.80. The third-order valence-electron chi connectivity index (χ3n) is 11.6. The molecular formula is C40H64N6O7. The van der Waals surface area contributed by atoms with Gasteiger partial charge in [0.1, 0.15) is 12.1 Å². The Morgan fingerprint density at radius 2 is 1.53 bits per heavy atom. The fourth-order valence-electron chi connectivity index (χ4n) is 7.94. The molecule has 4 fully saturated rings. The Morgan fingerprint density at radius 3 is 2.08 bits per heavy atom. The van der Waals surface area contributed by atoms with Gasteiger partial charge in [-0.1, -0.05) is 86.6 Å². The van der Waals surface area contributed by atoms with Crippen molar-refractivity contribution >= 4 is 41.4 Å². The number of hydrogen-bond donors (Lipinski definition) is 4. The van der Waals surface area contributed by atoms with Crippen molar-refractivity contribution in [2.24, 2.45) is 34.5 Å². The smallest absolute Gasteiger partial charge is 0.315 e. The van der Waals surface area contributed by atoms with Gasteiger partial charge < -0.3 is 26.2 Å². The number of hydrogen-bond acceptors (Lipinski definition) is 7. The van der Waals surface area contributed by atoms with E-state index in [0.717, 1.165) is 44.9 Å². The van der Waals surface area contributed by atoms with Crippen molar-refractivity contribution < 1.29 is 33.6 Å². The quantitative estimate of drug-likeness (QED) is 0.112. The Hall–Kier alpha value is -3.77. The van der Waals surface area contributed by atoms with Crippen LogP contribution in [0.5, 0.6) is 0 Å². The van der Waals surface area contributed by atoms with Gasteiger partial charge in [-0.15, -0.1) is 6.58 Å². The lowest BCUT2D eigenvalue weighted by Crippen LogP contribution is -2.61. The predicted octanol–water partition coefficient (Wildman–Crippen LogP) is 3.85. The molecule has 0 spiro atoms. The van der Waals surface area contributed by atoms with E-state index in [2.05, 4.69) is 27.8 Å². The number of rotatable bonds is 15. The van der Waals surface area contributed by atoms with Crippen LogP contribution in [0.2, 0.25) is 0 Å². The van der Waals surface area contributed by atoms with Gasteiger partial charge in [0.2, 0.25) is 29.4 Å². The summed E-state index contributed by atoms with van der Waals surface area (Å²) in [4.78, 5) is 97.4. The van der Waals surface area contributed by atoms with Gasteiger partial charge in [-0.3, -0.25) is 33.7 Å². The molecule has 4 aliphatic rings. The standard InChI is InChI=1S/C40H64N6O7/c1-9-17-41-36(51)34(49)28(18-25-15-16-25)42-35(50)29-19-27(24(2)3)22-45(29)37(52)33(26-13-11-10-12-14-26)44-38(53)43-30(39(4,5)6)23-46-31(47)20-40(7,8)21-32(46)48/h9,24-30,33H,1,10-23H2,2-8H3,(H,41,51)(H,42,50)(H2,43,44,53)/t27-,28?,29+,30-,33+/m1/s1. The first-order chi connectivity index (χ1) is 24.8. The maximum atomic E-state index is 14.7. The first kappa shape index (κ1) is 42.0. The Morgan fingerprint density at radius 1 is 0.906 bits per heavy atom. The molecule has 0 aromatic heterocycles. The maximum absolute atomic E-state index is 14.7. The predicted molar refractivity (Wildman–Crippen MR) is 201 cm³/mol. The summed E-state index contributed by atoms with van der Waals surface area (Å²) < 4.78 is 0. The molecule has 4 N–H and O–H groups in total. The van der Waals surface area contributed by atoms with Gasteiger partial charge >= 0.3 is 6.03 Å². The van der Waals surface area contributed by atoms with E-state index in [9.17, 15) is 33.6 Å². The highest BCUT2D eigenvalue weighted by Gasteiger charge is 2.46. The Kier molecular flexibility index (Phi) is 13.9. The van der Waals surface area contributed by atoms with Crippen LogP contribution in [0.1, 0.15) is 119 Å². The van der Waals surface area contributed by atoms with E-state index in [1.54, 1.807) is 4.90 Å². The highest BCUT2D eigenvalue weighted by molar-refractivity contribution is 6.38. The molecule has 7 amide bonds. The number of nitrogens with one attached hydrogen (secondary N) is 4. The average Bonchev–Trinajstić information content (AvgIpc) is 3.78. The second-order valence-corrected chi connectivity index (χ2v) is 18.2. The number of piperidine rings is 1. The van der Waals surface area contributed by atoms with Crippen LogP contribution >= 0.6 is 0 Å². The number of nitrogens with zero attached hydrogens (tertiary/aromatic N) is 2. The molecule has 2 aliphatic heterocycles. The summed E-state index contributed by atoms with van der Waals surface area (Å²) in [7, 11) is 0. The number of amides is 7. The molecule has 13 nitrogen and oxygen atoms in total. The molecule has 13 heteroatoms. The zero-order chi connectivity index (χ0) is 39.2. The van der Waals surface area contributed by atoms with Crippen LogP contribution in [-0.4, -0.2) is 95.0 Å². The van der Waals surface area contributed by atoms with Crippen LogP contribution in [0.3, 0.4) is 0 Å². The van der Waals surface area contributed by atoms with Crippen LogP contribution in [0.25, 0.3) is 0 Å². The van der Waals surface area contributed by atoms with Gasteiger partial charge in [0, 0.05) is 32.5 Å². The molecule has 0 aromatic rings. The Bertz CT molecular complexity index is 1390. The number of carbonyl (C=O) groups is 7. The van der Waals surface area contributed by atoms with Crippen molar-refractivity contribution in [3.05, 3.63) is 12.7 Å². The van der Waals surface area contributed by atoms with E-state index >= 15 is 0 Å². The summed E-state index contributed by atoms with van der Waals surface area (Å²) in [5, 5.41) is 11.4. The molecule has 2 saturated heterocycles. The van der Waals surface area contributed by atoms with E-state index in [1.165, 1.54) is 11.0 Å². The highest BCUT2D eigenvalue weighted by atomic mass is 16.2. The minimum absolute atomic E-state index is 0.0128. The van der Waals surface area contributed by atoms with Crippen molar-refractivity contribution in [3.8, 4) is 0 Å². The summed E-state index contributed by atoms with van der Waals surface area (Å²) in [5.41, 5.74) is -0.957. The lowest BCUT2D eigenvalue weighted by Gasteiger charge is -2.40. The highest BCUT2D eigenvalue weighted by Crippen LogP contribution is 2.36. The maximum Gasteiger partial charge on any atom is 0.315 e. The summed E-state index contributed by atoms with van der Waals surface area (Å²) in [5.74, 6) is -2.59. The third-order valence-corrected chi connectivity index (χ3v) is 11.6. The third kappa shape index (κ3) is 11.4. The van der Waals surface area contributed by atoms with Crippen LogP contribution in [0, 0.1) is 34.5 Å². The normalized spacial score (nSPS) is 23.9. The number of imide groups is 1. The van der Waals surface area contributed by atoms with Crippen molar-refractivity contribution in [3.63, 3.8) is 0 Å². The molecule has 296 valence electrons. The van der Waals surface area contributed by atoms with Crippen LogP contribution in [0.4, 0.5) is 4.79 Å². The first-order valence-corrected chi connectivity index (χ1v) is 19.7. The molecule has 0 radical (unpaired) electrons. The molecule has 2 saturated carbocycles. The van der Waals surface area contributed by atoms with E-state index in [0.29, 0.717) is 19.4 Å². The number of urea groups is 1. The van der Waals surface area contributed by atoms with E-state index in [1.807, 2.05) is 48.5 Å². The molecule has 0 aromatic carbocycles. The topological polar surface area (TPSA) is 174 Å². The van der Waals surface area contributed by atoms with Crippen LogP contribution in [0.15, 0.2) is 12.7 Å². The first-order valence-electron chi connectivity index (χ1n) is 19.7. The molecule has 0 bridgehead atoms. The fraction of sp³-hybridized carbons (Fsp3) is 0.775. The molecule has 2 aliphatic carbocycles. The van der Waals surface area contributed by atoms with Gasteiger partial charge in [-0.05, 0) is 60.2 Å². The van der Waals surface area contributed by atoms with Crippen molar-refractivity contribution in [2.45, 2.75) is 143 Å². The molecule has 2 heterocycles. The monoisotopic (exact) mass is 740 g/mol. The van der Waals surface area contributed by atoms with Crippen molar-refractivity contribution in [2.75, 3.05) is 19.6 Å². The van der Waals surface area contributed by atoms with Gasteiger partial charge in [0.05, 0.1) is 12.1 Å². The molecule has 5 atom stereocenters. The van der Waals surface area contributed by atoms with E-state index in [-0.39, 0.29) is 67.3 Å². The average molecular weight is 741 g/mol. The van der Waals surface area contributed by atoms with Crippen LogP contribution < -0.4 is 21.3 Å². The zero-order valence-electron chi connectivity index (χ0n) is 33.1. The minimum atomic E-state index is -1.01. The summed E-state index contributed by atoms with van der Waals surface area (Å²) in [6.07, 6.45) is 8.88. The number of Topliss-reactive ketones (excluding diaryl/α,β-unsaturated/α-hetero) is 1. The molecule has 1 unspecified atom stereocenters. The van der Waals surface area contributed by atoms with Crippen molar-refractivity contribution in [1.29, 1.82) is 0 Å². The van der Waals surface area contributed by atoms with Crippen LogP contribution in [-0.2, 0) is 28.8 Å². The second-order valence-electron chi connectivity index (χ2n) is 18.2. The van der Waals surface area contributed by atoms with Gasteiger partial charge in [-0.25, -0.2) is 4.79 Å².